The van der Waals surface area contributed by atoms with Crippen LogP contribution in [0.1, 0.15) is 27.8 Å². The number of nitrogens with zero attached hydrogens (tertiary/aromatic N) is 4. The van der Waals surface area contributed by atoms with Gasteiger partial charge in [0, 0.05) is 13.1 Å². The van der Waals surface area contributed by atoms with Gasteiger partial charge in [0.05, 0.1) is 5.69 Å². The van der Waals surface area contributed by atoms with Gasteiger partial charge in [-0.05, 0) is 6.92 Å². The van der Waals surface area contributed by atoms with E-state index >= 15 is 0 Å². The van der Waals surface area contributed by atoms with Crippen LogP contribution in [0.25, 0.3) is 0 Å². The Labute approximate surface area is 90.7 Å². The topological polar surface area (TPSA) is 94.0 Å². The highest BCUT2D eigenvalue weighted by atomic mass is 16.5. The van der Waals surface area contributed by atoms with E-state index in [1.165, 1.54) is 10.9 Å². The molecule has 2 rings (SSSR count). The molecule has 0 saturated carbocycles. The third-order valence-corrected chi connectivity index (χ3v) is 2.05. The second-order valence-corrected chi connectivity index (χ2v) is 3.36. The predicted octanol–water partition coefficient (Wildman–Crippen LogP) is 0.629. The van der Waals surface area contributed by atoms with E-state index in [-0.39, 0.29) is 5.56 Å². The van der Waals surface area contributed by atoms with Crippen LogP contribution in [-0.4, -0.2) is 31.0 Å². The number of carboxylic acids is 1. The van der Waals surface area contributed by atoms with Crippen molar-refractivity contribution in [2.24, 2.45) is 0 Å². The minimum Gasteiger partial charge on any atom is -0.478 e. The van der Waals surface area contributed by atoms with Crippen LogP contribution in [0, 0.1) is 13.8 Å². The van der Waals surface area contributed by atoms with Gasteiger partial charge in [0.2, 0.25) is 5.89 Å². The molecule has 7 nitrogen and oxygen atoms in total. The summed E-state index contributed by atoms with van der Waals surface area (Å²) in [6.07, 6.45) is 1.45. The molecule has 0 radical (unpaired) electrons. The maximum atomic E-state index is 10.8. The zero-order valence-corrected chi connectivity index (χ0v) is 8.84. The Balaban J connectivity index is 2.22. The lowest BCUT2D eigenvalue weighted by atomic mass is 10.3. The summed E-state index contributed by atoms with van der Waals surface area (Å²) in [6, 6.07) is 0. The molecule has 2 aromatic rings. The molecule has 0 aliphatic rings. The molecule has 2 aromatic heterocycles. The molecule has 0 fully saturated rings. The Kier molecular flexibility index (Phi) is 2.43. The molecule has 0 unspecified atom stereocenters. The van der Waals surface area contributed by atoms with E-state index < -0.39 is 5.97 Å². The third kappa shape index (κ3) is 1.92. The molecule has 2 heterocycles. The summed E-state index contributed by atoms with van der Waals surface area (Å²) in [5, 5.41) is 16.6. The zero-order valence-electron chi connectivity index (χ0n) is 8.84. The molecule has 0 saturated heterocycles. The molecular weight excluding hydrogens is 212 g/mol. The van der Waals surface area contributed by atoms with Crippen molar-refractivity contribution in [1.29, 1.82) is 0 Å². The Morgan fingerprint density at radius 3 is 2.81 bits per heavy atom. The van der Waals surface area contributed by atoms with Gasteiger partial charge >= 0.3 is 5.97 Å². The van der Waals surface area contributed by atoms with Crippen molar-refractivity contribution < 1.29 is 14.4 Å². The molecule has 0 aliphatic carbocycles. The largest absolute Gasteiger partial charge is 0.478 e. The molecule has 7 heteroatoms. The van der Waals surface area contributed by atoms with E-state index in [1.54, 1.807) is 13.8 Å². The van der Waals surface area contributed by atoms with Crippen molar-refractivity contribution >= 4 is 5.97 Å². The lowest BCUT2D eigenvalue weighted by molar-refractivity contribution is 0.0696. The number of aromatic carboxylic acids is 1. The van der Waals surface area contributed by atoms with Crippen LogP contribution in [0.4, 0.5) is 0 Å². The summed E-state index contributed by atoms with van der Waals surface area (Å²) in [7, 11) is 0. The average Bonchev–Trinajstić information content (AvgIpc) is 2.73. The van der Waals surface area contributed by atoms with E-state index in [4.69, 9.17) is 9.63 Å². The summed E-state index contributed by atoms with van der Waals surface area (Å²) in [6.45, 7) is 3.63. The van der Waals surface area contributed by atoms with Crippen molar-refractivity contribution in [3.63, 3.8) is 0 Å². The molecule has 0 spiro atoms. The standard InChI is InChI=1S/C9H10N4O3/c1-5-7(9(14)15)3-13(11-5)4-8-10-6(2)16-12-8/h3H,4H2,1-2H3,(H,14,15). The number of rotatable bonds is 3. The van der Waals surface area contributed by atoms with E-state index in [0.29, 0.717) is 24.0 Å². The molecule has 84 valence electrons. The van der Waals surface area contributed by atoms with Gasteiger partial charge in [-0.25, -0.2) is 4.79 Å². The first-order valence-electron chi connectivity index (χ1n) is 4.63. The van der Waals surface area contributed by atoms with Gasteiger partial charge in [-0.15, -0.1) is 0 Å². The van der Waals surface area contributed by atoms with E-state index in [2.05, 4.69) is 15.2 Å². The Morgan fingerprint density at radius 1 is 1.56 bits per heavy atom. The van der Waals surface area contributed by atoms with Gasteiger partial charge in [-0.2, -0.15) is 10.1 Å². The highest BCUT2D eigenvalue weighted by Crippen LogP contribution is 2.06. The highest BCUT2D eigenvalue weighted by Gasteiger charge is 2.13. The van der Waals surface area contributed by atoms with Crippen LogP contribution in [0.2, 0.25) is 0 Å². The van der Waals surface area contributed by atoms with Crippen molar-refractivity contribution in [1.82, 2.24) is 19.9 Å². The maximum Gasteiger partial charge on any atom is 0.339 e. The summed E-state index contributed by atoms with van der Waals surface area (Å²) >= 11 is 0. The monoisotopic (exact) mass is 222 g/mol. The van der Waals surface area contributed by atoms with Crippen LogP contribution in [0.5, 0.6) is 0 Å². The Bertz CT molecular complexity index is 529. The van der Waals surface area contributed by atoms with E-state index in [0.717, 1.165) is 0 Å². The fraction of sp³-hybridized carbons (Fsp3) is 0.333. The van der Waals surface area contributed by atoms with Crippen LogP contribution < -0.4 is 0 Å². The molecular formula is C9H10N4O3. The van der Waals surface area contributed by atoms with E-state index in [9.17, 15) is 4.79 Å². The summed E-state index contributed by atoms with van der Waals surface area (Å²) in [5.74, 6) is -0.0534. The maximum absolute atomic E-state index is 10.8. The Hall–Kier alpha value is -2.18. The average molecular weight is 222 g/mol. The van der Waals surface area contributed by atoms with Crippen LogP contribution in [0.15, 0.2) is 10.7 Å². The van der Waals surface area contributed by atoms with Crippen molar-refractivity contribution in [2.75, 3.05) is 0 Å². The summed E-state index contributed by atoms with van der Waals surface area (Å²) < 4.78 is 6.28. The fourth-order valence-electron chi connectivity index (χ4n) is 1.36. The zero-order chi connectivity index (χ0) is 11.7. The SMILES string of the molecule is Cc1nc(Cn2cc(C(=O)O)c(C)n2)no1. The first-order valence-corrected chi connectivity index (χ1v) is 4.63. The number of hydrogen-bond donors (Lipinski definition) is 1. The number of aromatic nitrogens is 4. The molecule has 1 N–H and O–H groups in total. The van der Waals surface area contributed by atoms with Gasteiger partial charge < -0.3 is 9.63 Å². The van der Waals surface area contributed by atoms with Gasteiger partial charge in [0.25, 0.3) is 0 Å². The molecule has 0 aliphatic heterocycles. The summed E-state index contributed by atoms with van der Waals surface area (Å²) in [4.78, 5) is 14.8. The van der Waals surface area contributed by atoms with Gasteiger partial charge in [0.15, 0.2) is 5.82 Å². The Morgan fingerprint density at radius 2 is 2.31 bits per heavy atom. The number of carboxylic acid groups (broad SMARTS) is 1. The lowest BCUT2D eigenvalue weighted by Gasteiger charge is -1.93. The molecule has 0 atom stereocenters. The van der Waals surface area contributed by atoms with Crippen molar-refractivity contribution in [3.8, 4) is 0 Å². The van der Waals surface area contributed by atoms with Gasteiger partial charge in [-0.1, -0.05) is 5.16 Å². The third-order valence-electron chi connectivity index (χ3n) is 2.05. The first kappa shape index (κ1) is 10.3. The van der Waals surface area contributed by atoms with Crippen LogP contribution in [0.3, 0.4) is 0 Å². The van der Waals surface area contributed by atoms with Crippen molar-refractivity contribution in [3.05, 3.63) is 29.2 Å². The number of aryl methyl sites for hydroxylation is 2. The second-order valence-electron chi connectivity index (χ2n) is 3.36. The highest BCUT2D eigenvalue weighted by molar-refractivity contribution is 5.88. The lowest BCUT2D eigenvalue weighted by Crippen LogP contribution is -2.02. The minimum absolute atomic E-state index is 0.181. The molecule has 16 heavy (non-hydrogen) atoms. The molecule has 0 aromatic carbocycles. The smallest absolute Gasteiger partial charge is 0.339 e. The van der Waals surface area contributed by atoms with E-state index in [1.807, 2.05) is 0 Å². The first-order chi connectivity index (χ1) is 7.56. The number of hydrogen-bond acceptors (Lipinski definition) is 5. The fourth-order valence-corrected chi connectivity index (χ4v) is 1.36. The second kappa shape index (κ2) is 3.76. The van der Waals surface area contributed by atoms with Gasteiger partial charge in [0.1, 0.15) is 12.1 Å². The van der Waals surface area contributed by atoms with Gasteiger partial charge in [-0.3, -0.25) is 4.68 Å². The normalized spacial score (nSPS) is 10.6. The van der Waals surface area contributed by atoms with Crippen LogP contribution in [-0.2, 0) is 6.54 Å². The molecule has 0 amide bonds. The van der Waals surface area contributed by atoms with Crippen LogP contribution >= 0.6 is 0 Å². The van der Waals surface area contributed by atoms with Crippen molar-refractivity contribution in [2.45, 2.75) is 20.4 Å². The quantitative estimate of drug-likeness (QED) is 0.818. The summed E-state index contributed by atoms with van der Waals surface area (Å²) in [5.41, 5.74) is 0.646. The predicted molar refractivity (Wildman–Crippen MR) is 52.1 cm³/mol. The minimum atomic E-state index is -0.993. The number of carbonyl (C=O) groups is 1. The molecule has 0 bridgehead atoms.